The molecule has 0 radical (unpaired) electrons. The summed E-state index contributed by atoms with van der Waals surface area (Å²) >= 11 is 6.05. The second-order valence-electron chi connectivity index (χ2n) is 6.94. The van der Waals surface area contributed by atoms with E-state index >= 15 is 0 Å². The van der Waals surface area contributed by atoms with Crippen LogP contribution in [-0.2, 0) is 11.3 Å². The van der Waals surface area contributed by atoms with Crippen LogP contribution < -0.4 is 0 Å². The maximum absolute atomic E-state index is 6.30. The van der Waals surface area contributed by atoms with E-state index in [1.807, 2.05) is 42.5 Å². The number of nitrogens with zero attached hydrogens (tertiary/aromatic N) is 1. The van der Waals surface area contributed by atoms with Crippen LogP contribution in [0.3, 0.4) is 0 Å². The smallest absolute Gasteiger partial charge is 0.108 e. The van der Waals surface area contributed by atoms with Crippen LogP contribution in [0.2, 0.25) is 5.02 Å². The van der Waals surface area contributed by atoms with E-state index < -0.39 is 0 Å². The van der Waals surface area contributed by atoms with Crippen LogP contribution in [0.4, 0.5) is 0 Å². The fraction of sp³-hybridized carbons (Fsp3) is 0.250. The minimum atomic E-state index is -0.0872. The number of benzene rings is 3. The molecule has 0 heterocycles. The molecule has 3 rings (SSSR count). The molecule has 2 nitrogen and oxygen atoms in total. The third-order valence-electron chi connectivity index (χ3n) is 4.57. The van der Waals surface area contributed by atoms with E-state index in [4.69, 9.17) is 16.3 Å². The van der Waals surface area contributed by atoms with Crippen LogP contribution in [0.1, 0.15) is 28.4 Å². The van der Waals surface area contributed by atoms with Crippen molar-refractivity contribution in [1.82, 2.24) is 4.90 Å². The molecule has 0 aliphatic carbocycles. The summed E-state index contributed by atoms with van der Waals surface area (Å²) < 4.78 is 6.30. The van der Waals surface area contributed by atoms with E-state index in [0.29, 0.717) is 6.61 Å². The van der Waals surface area contributed by atoms with Gasteiger partial charge in [-0.2, -0.15) is 0 Å². The van der Waals surface area contributed by atoms with Crippen molar-refractivity contribution in [3.05, 3.63) is 106 Å². The van der Waals surface area contributed by atoms with Crippen molar-refractivity contribution in [2.75, 3.05) is 20.2 Å². The van der Waals surface area contributed by atoms with Gasteiger partial charge in [0.25, 0.3) is 0 Å². The van der Waals surface area contributed by atoms with Gasteiger partial charge < -0.3 is 4.74 Å². The standard InChI is InChI=1S/C24H26ClNO/c1-19-7-6-8-20(17-19)18-26(2)15-16-27-24(21-9-4-3-5-10-21)22-11-13-23(25)14-12-22/h3-14,17,24H,15-16,18H2,1-2H3/t24-/m0/s1. The lowest BCUT2D eigenvalue weighted by Gasteiger charge is -2.22. The Bertz CT molecular complexity index is 833. The van der Waals surface area contributed by atoms with E-state index in [0.717, 1.165) is 29.2 Å². The van der Waals surface area contributed by atoms with Crippen LogP contribution in [0.5, 0.6) is 0 Å². The fourth-order valence-electron chi connectivity index (χ4n) is 3.18. The van der Waals surface area contributed by atoms with Crippen LogP contribution in [0.15, 0.2) is 78.9 Å². The molecule has 3 aromatic carbocycles. The largest absolute Gasteiger partial charge is 0.367 e. The number of hydrogen-bond donors (Lipinski definition) is 0. The zero-order valence-corrected chi connectivity index (χ0v) is 16.7. The first-order valence-corrected chi connectivity index (χ1v) is 9.66. The fourth-order valence-corrected chi connectivity index (χ4v) is 3.30. The summed E-state index contributed by atoms with van der Waals surface area (Å²) in [5.41, 5.74) is 4.90. The lowest BCUT2D eigenvalue weighted by molar-refractivity contribution is 0.0635. The van der Waals surface area contributed by atoms with E-state index in [9.17, 15) is 0 Å². The topological polar surface area (TPSA) is 12.5 Å². The number of hydrogen-bond acceptors (Lipinski definition) is 2. The van der Waals surface area contributed by atoms with Gasteiger partial charge in [0.2, 0.25) is 0 Å². The average molecular weight is 380 g/mol. The molecule has 0 fully saturated rings. The molecule has 0 spiro atoms. The van der Waals surface area contributed by atoms with Crippen molar-refractivity contribution >= 4 is 11.6 Å². The predicted octanol–water partition coefficient (Wildman–Crippen LogP) is 5.89. The minimum absolute atomic E-state index is 0.0872. The molecular formula is C24H26ClNO. The Hall–Kier alpha value is -2.13. The van der Waals surface area contributed by atoms with Crippen LogP contribution >= 0.6 is 11.6 Å². The van der Waals surface area contributed by atoms with E-state index in [1.165, 1.54) is 11.1 Å². The molecule has 0 saturated heterocycles. The summed E-state index contributed by atoms with van der Waals surface area (Å²) in [7, 11) is 2.13. The highest BCUT2D eigenvalue weighted by molar-refractivity contribution is 6.30. The Morgan fingerprint density at radius 1 is 0.889 bits per heavy atom. The van der Waals surface area contributed by atoms with Gasteiger partial charge in [0, 0.05) is 18.1 Å². The molecular weight excluding hydrogens is 354 g/mol. The first-order valence-electron chi connectivity index (χ1n) is 9.28. The zero-order chi connectivity index (χ0) is 19.1. The van der Waals surface area contributed by atoms with Crippen molar-refractivity contribution in [3.8, 4) is 0 Å². The Kier molecular flexibility index (Phi) is 7.05. The Morgan fingerprint density at radius 3 is 2.30 bits per heavy atom. The summed E-state index contributed by atoms with van der Waals surface area (Å²) in [5, 5.41) is 0.739. The van der Waals surface area contributed by atoms with Crippen molar-refractivity contribution in [3.63, 3.8) is 0 Å². The van der Waals surface area contributed by atoms with Gasteiger partial charge in [-0.3, -0.25) is 4.90 Å². The highest BCUT2D eigenvalue weighted by Crippen LogP contribution is 2.27. The van der Waals surface area contributed by atoms with Crippen molar-refractivity contribution in [2.24, 2.45) is 0 Å². The second-order valence-corrected chi connectivity index (χ2v) is 7.38. The maximum Gasteiger partial charge on any atom is 0.108 e. The molecule has 0 N–H and O–H groups in total. The van der Waals surface area contributed by atoms with Gasteiger partial charge in [0.05, 0.1) is 6.61 Å². The lowest BCUT2D eigenvalue weighted by Crippen LogP contribution is -2.24. The van der Waals surface area contributed by atoms with Gasteiger partial charge in [-0.25, -0.2) is 0 Å². The molecule has 140 valence electrons. The van der Waals surface area contributed by atoms with Gasteiger partial charge >= 0.3 is 0 Å². The number of rotatable bonds is 8. The van der Waals surface area contributed by atoms with Gasteiger partial charge in [-0.1, -0.05) is 83.9 Å². The number of halogens is 1. The van der Waals surface area contributed by atoms with Crippen molar-refractivity contribution in [1.29, 1.82) is 0 Å². The Labute approximate surface area is 167 Å². The average Bonchev–Trinajstić information content (AvgIpc) is 2.67. The van der Waals surface area contributed by atoms with Gasteiger partial charge in [0.1, 0.15) is 6.10 Å². The molecule has 0 saturated carbocycles. The SMILES string of the molecule is Cc1cccc(CN(C)CCO[C@@H](c2ccccc2)c2ccc(Cl)cc2)c1. The number of likely N-dealkylation sites (N-methyl/N-ethyl adjacent to an activating group) is 1. The third kappa shape index (κ3) is 5.93. The summed E-state index contributed by atoms with van der Waals surface area (Å²) in [6.45, 7) is 4.57. The highest BCUT2D eigenvalue weighted by atomic mass is 35.5. The van der Waals surface area contributed by atoms with Crippen LogP contribution in [0.25, 0.3) is 0 Å². The van der Waals surface area contributed by atoms with Gasteiger partial charge in [-0.15, -0.1) is 0 Å². The zero-order valence-electron chi connectivity index (χ0n) is 15.9. The van der Waals surface area contributed by atoms with Gasteiger partial charge in [-0.05, 0) is 42.8 Å². The maximum atomic E-state index is 6.30. The summed E-state index contributed by atoms with van der Waals surface area (Å²) in [5.74, 6) is 0. The van der Waals surface area contributed by atoms with E-state index in [-0.39, 0.29) is 6.10 Å². The Balaban J connectivity index is 1.62. The number of ether oxygens (including phenoxy) is 1. The molecule has 0 aliphatic heterocycles. The van der Waals surface area contributed by atoms with Crippen molar-refractivity contribution in [2.45, 2.75) is 19.6 Å². The molecule has 0 unspecified atom stereocenters. The minimum Gasteiger partial charge on any atom is -0.367 e. The summed E-state index contributed by atoms with van der Waals surface area (Å²) in [6.07, 6.45) is -0.0872. The summed E-state index contributed by atoms with van der Waals surface area (Å²) in [6, 6.07) is 26.9. The molecule has 1 atom stereocenters. The van der Waals surface area contributed by atoms with E-state index in [1.54, 1.807) is 0 Å². The molecule has 3 aromatic rings. The summed E-state index contributed by atoms with van der Waals surface area (Å²) in [4.78, 5) is 2.29. The van der Waals surface area contributed by atoms with Crippen LogP contribution in [-0.4, -0.2) is 25.1 Å². The van der Waals surface area contributed by atoms with Gasteiger partial charge in [0.15, 0.2) is 0 Å². The molecule has 0 aliphatic rings. The quantitative estimate of drug-likeness (QED) is 0.484. The number of aryl methyl sites for hydroxylation is 1. The molecule has 0 aromatic heterocycles. The molecule has 3 heteroatoms. The third-order valence-corrected chi connectivity index (χ3v) is 4.82. The molecule has 0 bridgehead atoms. The van der Waals surface area contributed by atoms with Crippen LogP contribution in [0, 0.1) is 6.92 Å². The predicted molar refractivity (Wildman–Crippen MR) is 113 cm³/mol. The highest BCUT2D eigenvalue weighted by Gasteiger charge is 2.15. The molecule has 27 heavy (non-hydrogen) atoms. The first-order chi connectivity index (χ1) is 13.1. The normalized spacial score (nSPS) is 12.3. The monoisotopic (exact) mass is 379 g/mol. The van der Waals surface area contributed by atoms with E-state index in [2.05, 4.69) is 55.3 Å². The second kappa shape index (κ2) is 9.70. The molecule has 0 amide bonds. The Morgan fingerprint density at radius 2 is 1.59 bits per heavy atom. The lowest BCUT2D eigenvalue weighted by atomic mass is 10.0. The first kappa shape index (κ1) is 19.6. The van der Waals surface area contributed by atoms with Crippen molar-refractivity contribution < 1.29 is 4.74 Å².